The largest absolute Gasteiger partial charge is 0.497 e. The first-order chi connectivity index (χ1) is 17.1. The summed E-state index contributed by atoms with van der Waals surface area (Å²) in [7, 11) is 1.62. The quantitative estimate of drug-likeness (QED) is 0.595. The molecule has 35 heavy (non-hydrogen) atoms. The molecule has 2 aromatic rings. The summed E-state index contributed by atoms with van der Waals surface area (Å²) in [6, 6.07) is 13.1. The number of benzene rings is 2. The Kier molecular flexibility index (Phi) is 6.72. The van der Waals surface area contributed by atoms with Gasteiger partial charge in [-0.15, -0.1) is 0 Å². The highest BCUT2D eigenvalue weighted by Crippen LogP contribution is 2.34. The summed E-state index contributed by atoms with van der Waals surface area (Å²) in [6.07, 6.45) is 2.26. The smallest absolute Gasteiger partial charge is 0.263 e. The Hall–Kier alpha value is -3.39. The molecule has 2 saturated heterocycles. The molecule has 3 aliphatic heterocycles. The molecule has 3 heterocycles. The Labute approximate surface area is 205 Å². The monoisotopic (exact) mass is 477 g/mol. The van der Waals surface area contributed by atoms with E-state index in [1.165, 1.54) is 4.90 Å². The lowest BCUT2D eigenvalue weighted by Crippen LogP contribution is -2.48. The molecule has 1 unspecified atom stereocenters. The average Bonchev–Trinajstić information content (AvgIpc) is 3.16. The number of fused-ring (bicyclic) bond motifs is 1. The lowest BCUT2D eigenvalue weighted by atomic mass is 9.94. The van der Waals surface area contributed by atoms with Crippen LogP contribution in [0.2, 0.25) is 0 Å². The van der Waals surface area contributed by atoms with Gasteiger partial charge in [-0.25, -0.2) is 0 Å². The van der Waals surface area contributed by atoms with Gasteiger partial charge < -0.3 is 19.3 Å². The standard InChI is InChI=1S/C27H31N3O5/c1-34-21-7-2-5-19(17-21)10-12-30-26(32)22-8-3-9-23(24(22)27(30)33)29-11-4-6-20(18-29)25(31)28-13-15-35-16-14-28/h2-3,5,7-9,17,20H,4,6,10-16,18H2,1H3. The number of amides is 3. The highest BCUT2D eigenvalue weighted by molar-refractivity contribution is 6.23. The van der Waals surface area contributed by atoms with Crippen LogP contribution in [0, 0.1) is 5.92 Å². The van der Waals surface area contributed by atoms with Crippen molar-refractivity contribution in [2.24, 2.45) is 5.92 Å². The number of hydrogen-bond acceptors (Lipinski definition) is 6. The minimum Gasteiger partial charge on any atom is -0.497 e. The Bertz CT molecular complexity index is 1130. The van der Waals surface area contributed by atoms with E-state index >= 15 is 0 Å². The van der Waals surface area contributed by atoms with Crippen LogP contribution in [0.3, 0.4) is 0 Å². The molecular weight excluding hydrogens is 446 g/mol. The predicted octanol–water partition coefficient (Wildman–Crippen LogP) is 2.61. The third-order valence-corrected chi connectivity index (χ3v) is 7.17. The van der Waals surface area contributed by atoms with Crippen molar-refractivity contribution in [3.63, 3.8) is 0 Å². The molecule has 0 aromatic heterocycles. The molecule has 8 nitrogen and oxygen atoms in total. The van der Waals surface area contributed by atoms with Crippen molar-refractivity contribution in [2.75, 3.05) is 57.9 Å². The SMILES string of the molecule is COc1cccc(CCN2C(=O)c3cccc(N4CCCC(C(=O)N5CCOCC5)C4)c3C2=O)c1. The van der Waals surface area contributed by atoms with Crippen molar-refractivity contribution in [1.82, 2.24) is 9.80 Å². The fraction of sp³-hybridized carbons (Fsp3) is 0.444. The minimum absolute atomic E-state index is 0.117. The molecule has 184 valence electrons. The maximum atomic E-state index is 13.4. The number of carbonyl (C=O) groups excluding carboxylic acids is 3. The second-order valence-corrected chi connectivity index (χ2v) is 9.29. The van der Waals surface area contributed by atoms with Crippen LogP contribution in [-0.2, 0) is 16.0 Å². The third-order valence-electron chi connectivity index (χ3n) is 7.17. The van der Waals surface area contributed by atoms with Gasteiger partial charge in [-0.05, 0) is 49.1 Å². The van der Waals surface area contributed by atoms with Crippen LogP contribution in [0.5, 0.6) is 5.75 Å². The zero-order chi connectivity index (χ0) is 24.4. The van der Waals surface area contributed by atoms with Crippen LogP contribution in [0.25, 0.3) is 0 Å². The van der Waals surface area contributed by atoms with Crippen LogP contribution >= 0.6 is 0 Å². The molecule has 0 aliphatic carbocycles. The van der Waals surface area contributed by atoms with Crippen molar-refractivity contribution in [1.29, 1.82) is 0 Å². The van der Waals surface area contributed by atoms with Gasteiger partial charge in [0.15, 0.2) is 0 Å². The highest BCUT2D eigenvalue weighted by atomic mass is 16.5. The summed E-state index contributed by atoms with van der Waals surface area (Å²) in [5.74, 6) is 0.276. The summed E-state index contributed by atoms with van der Waals surface area (Å²) in [4.78, 5) is 45.0. The summed E-state index contributed by atoms with van der Waals surface area (Å²) < 4.78 is 10.7. The molecule has 8 heteroatoms. The van der Waals surface area contributed by atoms with E-state index in [1.54, 1.807) is 13.2 Å². The average molecular weight is 478 g/mol. The van der Waals surface area contributed by atoms with Crippen LogP contribution in [0.1, 0.15) is 39.1 Å². The van der Waals surface area contributed by atoms with Crippen LogP contribution < -0.4 is 9.64 Å². The summed E-state index contributed by atoms with van der Waals surface area (Å²) in [6.45, 7) is 4.04. The van der Waals surface area contributed by atoms with E-state index in [0.717, 1.165) is 36.4 Å². The maximum Gasteiger partial charge on any atom is 0.263 e. The van der Waals surface area contributed by atoms with Crippen LogP contribution in [0.15, 0.2) is 42.5 Å². The van der Waals surface area contributed by atoms with E-state index in [0.29, 0.717) is 56.9 Å². The van der Waals surface area contributed by atoms with E-state index in [9.17, 15) is 14.4 Å². The van der Waals surface area contributed by atoms with Gasteiger partial charge in [0.2, 0.25) is 5.91 Å². The summed E-state index contributed by atoms with van der Waals surface area (Å²) in [5, 5.41) is 0. The number of rotatable bonds is 6. The van der Waals surface area contributed by atoms with E-state index in [2.05, 4.69) is 4.90 Å². The number of anilines is 1. The predicted molar refractivity (Wildman–Crippen MR) is 131 cm³/mol. The Balaban J connectivity index is 1.32. The molecule has 0 spiro atoms. The van der Waals surface area contributed by atoms with Crippen molar-refractivity contribution < 1.29 is 23.9 Å². The Morgan fingerprint density at radius 2 is 1.86 bits per heavy atom. The summed E-state index contributed by atoms with van der Waals surface area (Å²) in [5.41, 5.74) is 2.66. The molecule has 1 atom stereocenters. The van der Waals surface area contributed by atoms with Gasteiger partial charge in [0.25, 0.3) is 11.8 Å². The first-order valence-electron chi connectivity index (χ1n) is 12.3. The van der Waals surface area contributed by atoms with Gasteiger partial charge in [-0.3, -0.25) is 19.3 Å². The van der Waals surface area contributed by atoms with E-state index < -0.39 is 0 Å². The molecule has 5 rings (SSSR count). The molecule has 2 fully saturated rings. The van der Waals surface area contributed by atoms with Gasteiger partial charge in [-0.2, -0.15) is 0 Å². The van der Waals surface area contributed by atoms with Crippen LogP contribution in [-0.4, -0.2) is 80.6 Å². The maximum absolute atomic E-state index is 13.4. The van der Waals surface area contributed by atoms with Crippen molar-refractivity contribution >= 4 is 23.4 Å². The molecule has 0 N–H and O–H groups in total. The van der Waals surface area contributed by atoms with Crippen molar-refractivity contribution in [2.45, 2.75) is 19.3 Å². The number of methoxy groups -OCH3 is 1. The lowest BCUT2D eigenvalue weighted by Gasteiger charge is -2.37. The molecule has 0 radical (unpaired) electrons. The van der Waals surface area contributed by atoms with Gasteiger partial charge >= 0.3 is 0 Å². The zero-order valence-electron chi connectivity index (χ0n) is 20.1. The fourth-order valence-electron chi connectivity index (χ4n) is 5.29. The topological polar surface area (TPSA) is 79.4 Å². The molecule has 0 bridgehead atoms. The number of hydrogen-bond donors (Lipinski definition) is 0. The minimum atomic E-state index is -0.259. The fourth-order valence-corrected chi connectivity index (χ4v) is 5.29. The zero-order valence-corrected chi connectivity index (χ0v) is 20.1. The van der Waals surface area contributed by atoms with Crippen molar-refractivity contribution in [3.05, 3.63) is 59.2 Å². The van der Waals surface area contributed by atoms with Crippen LogP contribution in [0.4, 0.5) is 5.69 Å². The third kappa shape index (κ3) is 4.62. The first kappa shape index (κ1) is 23.4. The van der Waals surface area contributed by atoms with Gasteiger partial charge in [-0.1, -0.05) is 18.2 Å². The summed E-state index contributed by atoms with van der Waals surface area (Å²) >= 11 is 0. The second-order valence-electron chi connectivity index (χ2n) is 9.29. The molecule has 3 aliphatic rings. The Morgan fingerprint density at radius 3 is 2.66 bits per heavy atom. The molecule has 3 amide bonds. The number of piperidine rings is 1. The van der Waals surface area contributed by atoms with E-state index in [4.69, 9.17) is 9.47 Å². The van der Waals surface area contributed by atoms with E-state index in [-0.39, 0.29) is 23.6 Å². The number of carbonyl (C=O) groups is 3. The van der Waals surface area contributed by atoms with E-state index in [1.807, 2.05) is 41.3 Å². The molecule has 2 aromatic carbocycles. The second kappa shape index (κ2) is 10.1. The Morgan fingerprint density at radius 1 is 1.06 bits per heavy atom. The van der Waals surface area contributed by atoms with Gasteiger partial charge in [0, 0.05) is 32.7 Å². The lowest BCUT2D eigenvalue weighted by molar-refractivity contribution is -0.139. The van der Waals surface area contributed by atoms with Crippen molar-refractivity contribution in [3.8, 4) is 5.75 Å². The number of morpholine rings is 1. The number of imide groups is 1. The molecule has 0 saturated carbocycles. The van der Waals surface area contributed by atoms with Gasteiger partial charge in [0.1, 0.15) is 5.75 Å². The number of nitrogens with zero attached hydrogens (tertiary/aromatic N) is 3. The molecular formula is C27H31N3O5. The van der Waals surface area contributed by atoms with Gasteiger partial charge in [0.05, 0.1) is 43.1 Å². The normalized spacial score (nSPS) is 20.3. The number of ether oxygens (including phenoxy) is 2. The highest BCUT2D eigenvalue weighted by Gasteiger charge is 2.39. The first-order valence-corrected chi connectivity index (χ1v) is 12.3.